The van der Waals surface area contributed by atoms with E-state index < -0.39 is 30.3 Å². The van der Waals surface area contributed by atoms with Crippen LogP contribution in [-0.2, 0) is 32.2 Å². The van der Waals surface area contributed by atoms with Gasteiger partial charge >= 0.3 is 12.1 Å². The first kappa shape index (κ1) is 37.7. The van der Waals surface area contributed by atoms with Crippen LogP contribution in [0.25, 0.3) is 11.1 Å². The summed E-state index contributed by atoms with van der Waals surface area (Å²) >= 11 is 0. The van der Waals surface area contributed by atoms with Crippen molar-refractivity contribution in [3.05, 3.63) is 108 Å². The van der Waals surface area contributed by atoms with E-state index in [1.54, 1.807) is 0 Å². The molecule has 2 amide bonds. The highest BCUT2D eigenvalue weighted by Gasteiger charge is 2.47. The van der Waals surface area contributed by atoms with Gasteiger partial charge in [0.2, 0.25) is 5.91 Å². The first-order chi connectivity index (χ1) is 25.0. The maximum Gasteiger partial charge on any atom is 0.471 e. The van der Waals surface area contributed by atoms with Gasteiger partial charge in [-0.1, -0.05) is 92.6 Å². The maximum absolute atomic E-state index is 13.0. The summed E-state index contributed by atoms with van der Waals surface area (Å²) < 4.78 is 52.6. The van der Waals surface area contributed by atoms with Crippen molar-refractivity contribution in [1.82, 2.24) is 15.1 Å². The molecule has 2 heterocycles. The standard InChI is InChI=1S/C41H48F3N3O5/c1-3-21-46(34-10-4-5-11-34)25-36-27(2)37(31-15-13-28(26-48)14-16-31)52-39(51-36)32-19-17-30(18-20-32)33-9-6-8-29(23-33)24-45-38(49)35-12-7-22-47(35)40(50)41(42,43)44/h3,6,8-9,13-20,23,27,34-37,39,48H,1,4-5,7,10-12,21-22,24-26H2,2H3,(H,45,49)/t27-,35-,36+,37+,39+/m0/s1. The van der Waals surface area contributed by atoms with Crippen molar-refractivity contribution >= 4 is 11.8 Å². The molecule has 3 fully saturated rings. The van der Waals surface area contributed by atoms with Gasteiger partial charge in [0.05, 0.1) is 18.8 Å². The molecule has 1 saturated carbocycles. The fourth-order valence-electron chi connectivity index (χ4n) is 7.81. The van der Waals surface area contributed by atoms with Crippen molar-refractivity contribution in [1.29, 1.82) is 0 Å². The van der Waals surface area contributed by atoms with Gasteiger partial charge in [-0.05, 0) is 59.6 Å². The van der Waals surface area contributed by atoms with Crippen LogP contribution in [-0.4, -0.2) is 70.7 Å². The van der Waals surface area contributed by atoms with E-state index in [1.807, 2.05) is 78.9 Å². The normalized spacial score (nSPS) is 24.0. The minimum Gasteiger partial charge on any atom is -0.392 e. The average Bonchev–Trinajstić information content (AvgIpc) is 3.88. The molecule has 0 unspecified atom stereocenters. The van der Waals surface area contributed by atoms with Gasteiger partial charge in [-0.15, -0.1) is 6.58 Å². The molecular weight excluding hydrogens is 671 g/mol. The van der Waals surface area contributed by atoms with Crippen molar-refractivity contribution in [2.24, 2.45) is 5.92 Å². The van der Waals surface area contributed by atoms with E-state index in [2.05, 4.69) is 23.7 Å². The lowest BCUT2D eigenvalue weighted by Crippen LogP contribution is -2.50. The number of amides is 2. The summed E-state index contributed by atoms with van der Waals surface area (Å²) in [5, 5.41) is 12.3. The van der Waals surface area contributed by atoms with Crippen molar-refractivity contribution in [2.45, 2.75) is 95.4 Å². The predicted octanol–water partition coefficient (Wildman–Crippen LogP) is 7.24. The Kier molecular flexibility index (Phi) is 12.2. The topological polar surface area (TPSA) is 91.3 Å². The third kappa shape index (κ3) is 8.77. The van der Waals surface area contributed by atoms with Gasteiger partial charge in [-0.3, -0.25) is 14.5 Å². The number of benzene rings is 3. The van der Waals surface area contributed by atoms with Crippen molar-refractivity contribution in [2.75, 3.05) is 19.6 Å². The molecule has 52 heavy (non-hydrogen) atoms. The van der Waals surface area contributed by atoms with Gasteiger partial charge in [-0.2, -0.15) is 13.2 Å². The van der Waals surface area contributed by atoms with Crippen LogP contribution in [0, 0.1) is 5.92 Å². The quantitative estimate of drug-likeness (QED) is 0.192. The third-order valence-electron chi connectivity index (χ3n) is 10.7. The van der Waals surface area contributed by atoms with E-state index in [4.69, 9.17) is 9.47 Å². The average molecular weight is 720 g/mol. The number of carbonyl (C=O) groups excluding carboxylic acids is 2. The lowest BCUT2D eigenvalue weighted by atomic mass is 9.89. The summed E-state index contributed by atoms with van der Waals surface area (Å²) in [5.74, 6) is -2.51. The van der Waals surface area contributed by atoms with Gasteiger partial charge in [0.1, 0.15) is 6.04 Å². The Morgan fingerprint density at radius 1 is 0.942 bits per heavy atom. The smallest absolute Gasteiger partial charge is 0.392 e. The Bertz CT molecular complexity index is 1680. The SMILES string of the molecule is C=CCN(C[C@H]1O[C@@H](c2ccc(-c3cccc(CNC(=O)[C@@H]4CCCN4C(=O)C(F)(F)F)c3)cc2)O[C@@H](c2ccc(CO)cc2)[C@H]1C)C1CCCC1. The number of nitrogens with one attached hydrogen (secondary N) is 1. The summed E-state index contributed by atoms with van der Waals surface area (Å²) in [7, 11) is 0. The number of aliphatic hydroxyl groups is 1. The fraction of sp³-hybridized carbons (Fsp3) is 0.463. The number of hydrogen-bond acceptors (Lipinski definition) is 6. The van der Waals surface area contributed by atoms with Gasteiger partial charge in [0.15, 0.2) is 6.29 Å². The Morgan fingerprint density at radius 3 is 2.33 bits per heavy atom. The van der Waals surface area contributed by atoms with Crippen LogP contribution in [0.4, 0.5) is 13.2 Å². The van der Waals surface area contributed by atoms with Crippen molar-refractivity contribution in [3.8, 4) is 11.1 Å². The van der Waals surface area contributed by atoms with E-state index in [0.717, 1.165) is 46.5 Å². The zero-order valence-electron chi connectivity index (χ0n) is 29.6. The molecule has 2 aliphatic heterocycles. The van der Waals surface area contributed by atoms with E-state index >= 15 is 0 Å². The number of carbonyl (C=O) groups is 2. The van der Waals surface area contributed by atoms with Crippen LogP contribution in [0.1, 0.15) is 80.1 Å². The fourth-order valence-corrected chi connectivity index (χ4v) is 7.81. The number of aliphatic hydroxyl groups excluding tert-OH is 1. The highest BCUT2D eigenvalue weighted by atomic mass is 19.4. The molecule has 11 heteroatoms. The molecule has 2 saturated heterocycles. The number of alkyl halides is 3. The van der Waals surface area contributed by atoms with Gasteiger partial charge in [0.25, 0.3) is 0 Å². The summed E-state index contributed by atoms with van der Waals surface area (Å²) in [5.41, 5.74) is 5.38. The van der Waals surface area contributed by atoms with Crippen LogP contribution in [0.15, 0.2) is 85.5 Å². The maximum atomic E-state index is 13.0. The molecule has 0 bridgehead atoms. The third-order valence-corrected chi connectivity index (χ3v) is 10.7. The first-order valence-electron chi connectivity index (χ1n) is 18.3. The first-order valence-corrected chi connectivity index (χ1v) is 18.3. The molecule has 0 spiro atoms. The van der Waals surface area contributed by atoms with Crippen molar-refractivity contribution in [3.63, 3.8) is 0 Å². The zero-order valence-corrected chi connectivity index (χ0v) is 29.6. The summed E-state index contributed by atoms with van der Waals surface area (Å²) in [4.78, 5) is 27.8. The van der Waals surface area contributed by atoms with E-state index in [-0.39, 0.29) is 44.2 Å². The number of hydrogen-bond donors (Lipinski definition) is 2. The highest BCUT2D eigenvalue weighted by molar-refractivity contribution is 5.90. The molecule has 6 rings (SSSR count). The second kappa shape index (κ2) is 16.8. The Morgan fingerprint density at radius 2 is 1.65 bits per heavy atom. The number of halogens is 3. The highest BCUT2D eigenvalue weighted by Crippen LogP contribution is 2.42. The van der Waals surface area contributed by atoms with E-state index in [1.165, 1.54) is 25.7 Å². The predicted molar refractivity (Wildman–Crippen MR) is 192 cm³/mol. The second-order valence-corrected chi connectivity index (χ2v) is 14.2. The molecule has 2 N–H and O–H groups in total. The van der Waals surface area contributed by atoms with Crippen LogP contribution < -0.4 is 5.32 Å². The molecule has 8 nitrogen and oxygen atoms in total. The number of ether oxygens (including phenoxy) is 2. The molecule has 1 aliphatic carbocycles. The molecule has 3 aliphatic rings. The van der Waals surface area contributed by atoms with Crippen LogP contribution in [0.5, 0.6) is 0 Å². The Labute approximate surface area is 303 Å². The van der Waals surface area contributed by atoms with Crippen LogP contribution >= 0.6 is 0 Å². The van der Waals surface area contributed by atoms with E-state index in [9.17, 15) is 27.9 Å². The van der Waals surface area contributed by atoms with Crippen molar-refractivity contribution < 1.29 is 37.3 Å². The monoisotopic (exact) mass is 719 g/mol. The van der Waals surface area contributed by atoms with Crippen LogP contribution in [0.3, 0.4) is 0 Å². The minimum absolute atomic E-state index is 0.0236. The zero-order chi connectivity index (χ0) is 36.8. The largest absolute Gasteiger partial charge is 0.471 e. The Balaban J connectivity index is 1.16. The van der Waals surface area contributed by atoms with Gasteiger partial charge < -0.3 is 24.8 Å². The molecule has 5 atom stereocenters. The lowest BCUT2D eigenvalue weighted by Gasteiger charge is -2.43. The summed E-state index contributed by atoms with van der Waals surface area (Å²) in [6, 6.07) is 22.9. The van der Waals surface area contributed by atoms with Gasteiger partial charge in [-0.25, -0.2) is 0 Å². The summed E-state index contributed by atoms with van der Waals surface area (Å²) in [6.45, 7) is 7.76. The molecule has 0 aromatic heterocycles. The van der Waals surface area contributed by atoms with Gasteiger partial charge in [0, 0.05) is 43.7 Å². The number of likely N-dealkylation sites (tertiary alicyclic amines) is 1. The molecular formula is C41H48F3N3O5. The molecule has 3 aromatic carbocycles. The molecule has 0 radical (unpaired) electrons. The second-order valence-electron chi connectivity index (χ2n) is 14.2. The Hall–Kier alpha value is -4.03. The molecule has 278 valence electrons. The van der Waals surface area contributed by atoms with E-state index in [0.29, 0.717) is 17.4 Å². The van der Waals surface area contributed by atoms with Crippen LogP contribution in [0.2, 0.25) is 0 Å². The number of nitrogens with zero attached hydrogens (tertiary/aromatic N) is 2. The molecule has 3 aromatic rings. The minimum atomic E-state index is -5.02. The number of rotatable bonds is 12. The lowest BCUT2D eigenvalue weighted by molar-refractivity contribution is -0.276. The summed E-state index contributed by atoms with van der Waals surface area (Å²) in [6.07, 6.45) is 1.39.